The summed E-state index contributed by atoms with van der Waals surface area (Å²) in [5.41, 5.74) is 14.6. The molecule has 0 bridgehead atoms. The lowest BCUT2D eigenvalue weighted by Gasteiger charge is -2.23. The number of nitrogens with one attached hydrogen (secondary N) is 1. The fourth-order valence-electron chi connectivity index (χ4n) is 4.29. The van der Waals surface area contributed by atoms with Gasteiger partial charge >= 0.3 is 0 Å². The van der Waals surface area contributed by atoms with Gasteiger partial charge in [0.05, 0.1) is 22.4 Å². The van der Waals surface area contributed by atoms with Crippen LogP contribution in [0.3, 0.4) is 0 Å². The standard InChI is InChI=1S/C13H16N4OS2.C11H13N3S2/c14-10-9-8(17-4-1-6-19-7-5-17)2-3-16-13(9)20-11(10)12(15)18;12-8-9-10(2-3-13-11(9)15)14-4-1-6-16-7-5-14/h2-3H,1,4-7,14H2,(H2,15,18);2-3H,1,4-7H2,(H,13,15). The van der Waals surface area contributed by atoms with Crippen LogP contribution in [0.15, 0.2) is 24.5 Å². The third-order valence-electron chi connectivity index (χ3n) is 6.01. The van der Waals surface area contributed by atoms with Crippen LogP contribution in [0.2, 0.25) is 0 Å². The van der Waals surface area contributed by atoms with Crippen LogP contribution >= 0.6 is 47.1 Å². The quantitative estimate of drug-likeness (QED) is 0.398. The van der Waals surface area contributed by atoms with E-state index >= 15 is 0 Å². The average Bonchev–Trinajstić information content (AvgIpc) is 3.12. The zero-order valence-corrected chi connectivity index (χ0v) is 23.1. The van der Waals surface area contributed by atoms with Crippen LogP contribution in [0.5, 0.6) is 0 Å². The van der Waals surface area contributed by atoms with E-state index in [2.05, 4.69) is 25.8 Å². The first-order valence-electron chi connectivity index (χ1n) is 11.7. The molecule has 2 fully saturated rings. The number of nitrogen functional groups attached to an aromatic ring is 1. The first-order valence-corrected chi connectivity index (χ1v) is 15.3. The number of nitrogens with two attached hydrogens (primary N) is 2. The Kier molecular flexibility index (Phi) is 9.36. The Morgan fingerprint density at radius 1 is 1.06 bits per heavy atom. The fourth-order valence-corrected chi connectivity index (χ4v) is 7.22. The lowest BCUT2D eigenvalue weighted by atomic mass is 10.2. The van der Waals surface area contributed by atoms with E-state index in [-0.39, 0.29) is 0 Å². The number of fused-ring (bicyclic) bond motifs is 1. The van der Waals surface area contributed by atoms with Crippen LogP contribution < -0.4 is 21.3 Å². The molecule has 0 spiro atoms. The number of carbonyl (C=O) groups is 1. The van der Waals surface area contributed by atoms with Crippen LogP contribution in [-0.4, -0.2) is 65.1 Å². The van der Waals surface area contributed by atoms with Crippen molar-refractivity contribution in [2.75, 3.05) is 64.7 Å². The number of thiophene rings is 1. The minimum atomic E-state index is -0.483. The van der Waals surface area contributed by atoms with Crippen molar-refractivity contribution in [3.05, 3.63) is 39.6 Å². The predicted octanol–water partition coefficient (Wildman–Crippen LogP) is 4.48. The molecule has 0 atom stereocenters. The van der Waals surface area contributed by atoms with Crippen molar-refractivity contribution in [1.29, 1.82) is 5.26 Å². The van der Waals surface area contributed by atoms with E-state index in [4.69, 9.17) is 28.9 Å². The van der Waals surface area contributed by atoms with E-state index in [1.54, 1.807) is 6.20 Å². The lowest BCUT2D eigenvalue weighted by Crippen LogP contribution is -2.26. The van der Waals surface area contributed by atoms with Gasteiger partial charge in [0.15, 0.2) is 0 Å². The van der Waals surface area contributed by atoms with Gasteiger partial charge in [0, 0.05) is 50.1 Å². The highest BCUT2D eigenvalue weighted by molar-refractivity contribution is 7.99. The minimum absolute atomic E-state index is 0.407. The van der Waals surface area contributed by atoms with Gasteiger partial charge in [0.25, 0.3) is 5.91 Å². The van der Waals surface area contributed by atoms with Crippen LogP contribution in [0.25, 0.3) is 10.2 Å². The molecule has 2 aliphatic heterocycles. The van der Waals surface area contributed by atoms with E-state index in [0.29, 0.717) is 20.8 Å². The molecule has 2 aliphatic rings. The van der Waals surface area contributed by atoms with Crippen LogP contribution in [-0.2, 0) is 0 Å². The molecule has 5 rings (SSSR count). The second-order valence-electron chi connectivity index (χ2n) is 8.30. The minimum Gasteiger partial charge on any atom is -0.397 e. The molecule has 0 radical (unpaired) electrons. The van der Waals surface area contributed by atoms with Crippen molar-refractivity contribution in [1.82, 2.24) is 9.97 Å². The number of nitriles is 1. The summed E-state index contributed by atoms with van der Waals surface area (Å²) in [6.45, 7) is 4.01. The van der Waals surface area contributed by atoms with Crippen molar-refractivity contribution in [3.63, 3.8) is 0 Å². The van der Waals surface area contributed by atoms with Crippen molar-refractivity contribution in [2.45, 2.75) is 12.8 Å². The van der Waals surface area contributed by atoms with Gasteiger partial charge in [-0.25, -0.2) is 4.98 Å². The number of carbonyl (C=O) groups excluding carboxylic acids is 1. The Hall–Kier alpha value is -2.46. The number of pyridine rings is 2. The number of amides is 1. The number of hydrogen-bond donors (Lipinski definition) is 3. The monoisotopic (exact) mass is 559 g/mol. The first kappa shape index (κ1) is 26.6. The number of thioether (sulfide) groups is 2. The third kappa shape index (κ3) is 6.08. The number of anilines is 3. The Balaban J connectivity index is 0.000000174. The maximum Gasteiger partial charge on any atom is 0.260 e. The Morgan fingerprint density at radius 3 is 2.36 bits per heavy atom. The summed E-state index contributed by atoms with van der Waals surface area (Å²) in [5.74, 6) is 4.14. The summed E-state index contributed by atoms with van der Waals surface area (Å²) >= 11 is 10.4. The van der Waals surface area contributed by atoms with Gasteiger partial charge in [-0.3, -0.25) is 4.79 Å². The van der Waals surface area contributed by atoms with E-state index in [1.807, 2.05) is 41.9 Å². The molecule has 0 unspecified atom stereocenters. The smallest absolute Gasteiger partial charge is 0.260 e. The Morgan fingerprint density at radius 2 is 1.72 bits per heavy atom. The Labute approximate surface area is 228 Å². The average molecular weight is 560 g/mol. The molecule has 8 nitrogen and oxygen atoms in total. The number of aromatic nitrogens is 2. The number of aromatic amines is 1. The largest absolute Gasteiger partial charge is 0.397 e. The van der Waals surface area contributed by atoms with Gasteiger partial charge in [-0.05, 0) is 36.5 Å². The normalized spacial score (nSPS) is 16.4. The second kappa shape index (κ2) is 12.7. The van der Waals surface area contributed by atoms with E-state index in [9.17, 15) is 4.79 Å². The third-order valence-corrected chi connectivity index (χ3v) is 9.55. The molecule has 0 saturated carbocycles. The molecule has 0 aromatic carbocycles. The summed E-state index contributed by atoms with van der Waals surface area (Å²) in [5, 5.41) is 10.0. The molecule has 5 heterocycles. The van der Waals surface area contributed by atoms with Crippen LogP contribution in [0.4, 0.5) is 17.1 Å². The highest BCUT2D eigenvalue weighted by Crippen LogP contribution is 2.38. The predicted molar refractivity (Wildman–Crippen MR) is 157 cm³/mol. The van der Waals surface area contributed by atoms with Gasteiger partial charge < -0.3 is 26.3 Å². The SMILES string of the molecule is N#Cc1c(N2CCCSCC2)cc[nH]c1=S.NC(=O)c1sc2nccc(N3CCCSCC3)c2c1N. The van der Waals surface area contributed by atoms with Gasteiger partial charge in [-0.15, -0.1) is 11.3 Å². The van der Waals surface area contributed by atoms with Gasteiger partial charge in [-0.2, -0.15) is 28.8 Å². The molecule has 190 valence electrons. The van der Waals surface area contributed by atoms with Crippen LogP contribution in [0.1, 0.15) is 28.1 Å². The fraction of sp³-hybridized carbons (Fsp3) is 0.417. The van der Waals surface area contributed by atoms with E-state index in [0.717, 1.165) is 65.7 Å². The summed E-state index contributed by atoms with van der Waals surface area (Å²) in [6.07, 6.45) is 5.91. The van der Waals surface area contributed by atoms with Crippen molar-refractivity contribution >= 4 is 80.3 Å². The Bertz CT molecular complexity index is 1300. The summed E-state index contributed by atoms with van der Waals surface area (Å²) in [4.78, 5) is 24.5. The molecule has 5 N–H and O–H groups in total. The van der Waals surface area contributed by atoms with E-state index in [1.165, 1.54) is 29.3 Å². The number of primary amides is 1. The topological polar surface area (TPSA) is 128 Å². The molecule has 12 heteroatoms. The van der Waals surface area contributed by atoms with Gasteiger partial charge in [0.2, 0.25) is 0 Å². The molecular weight excluding hydrogens is 531 g/mol. The van der Waals surface area contributed by atoms with Gasteiger partial charge in [0.1, 0.15) is 26.0 Å². The summed E-state index contributed by atoms with van der Waals surface area (Å²) in [6, 6.07) is 6.12. The zero-order valence-electron chi connectivity index (χ0n) is 19.9. The van der Waals surface area contributed by atoms with Crippen molar-refractivity contribution in [2.24, 2.45) is 5.73 Å². The maximum atomic E-state index is 11.4. The van der Waals surface area contributed by atoms with Crippen molar-refractivity contribution < 1.29 is 4.79 Å². The molecule has 1 amide bonds. The zero-order chi connectivity index (χ0) is 25.5. The first-order chi connectivity index (χ1) is 17.5. The number of nitrogens with zero attached hydrogens (tertiary/aromatic N) is 4. The maximum absolute atomic E-state index is 11.4. The van der Waals surface area contributed by atoms with Gasteiger partial charge in [-0.1, -0.05) is 12.2 Å². The summed E-state index contributed by atoms with van der Waals surface area (Å²) in [7, 11) is 0. The molecule has 3 aromatic rings. The molecule has 2 saturated heterocycles. The number of hydrogen-bond acceptors (Lipinski definition) is 10. The highest BCUT2D eigenvalue weighted by Gasteiger charge is 2.21. The number of rotatable bonds is 3. The molecule has 3 aromatic heterocycles. The lowest BCUT2D eigenvalue weighted by molar-refractivity contribution is 0.100. The number of H-pyrrole nitrogens is 1. The molecular formula is C24H29N7OS4. The van der Waals surface area contributed by atoms with E-state index < -0.39 is 5.91 Å². The molecule has 36 heavy (non-hydrogen) atoms. The molecule has 0 aliphatic carbocycles. The van der Waals surface area contributed by atoms with Crippen LogP contribution in [0, 0.1) is 16.0 Å². The second-order valence-corrected chi connectivity index (χ2v) is 12.2. The summed E-state index contributed by atoms with van der Waals surface area (Å²) < 4.78 is 0.539. The highest BCUT2D eigenvalue weighted by atomic mass is 32.2. The van der Waals surface area contributed by atoms with Crippen molar-refractivity contribution in [3.8, 4) is 6.07 Å².